The van der Waals surface area contributed by atoms with Gasteiger partial charge >= 0.3 is 0 Å². The van der Waals surface area contributed by atoms with Crippen LogP contribution in [0.2, 0.25) is 0 Å². The van der Waals surface area contributed by atoms with Gasteiger partial charge in [-0.1, -0.05) is 6.07 Å². The first kappa shape index (κ1) is 22.8. The quantitative estimate of drug-likeness (QED) is 0.664. The summed E-state index contributed by atoms with van der Waals surface area (Å²) < 4.78 is 32.2. The lowest BCUT2D eigenvalue weighted by molar-refractivity contribution is -0.118. The van der Waals surface area contributed by atoms with Gasteiger partial charge in [0.2, 0.25) is 15.9 Å². The topological polar surface area (TPSA) is 111 Å². The van der Waals surface area contributed by atoms with E-state index in [0.717, 1.165) is 0 Å². The van der Waals surface area contributed by atoms with Gasteiger partial charge in [-0.05, 0) is 39.0 Å². The van der Waals surface area contributed by atoms with Crippen molar-refractivity contribution in [1.29, 1.82) is 0 Å². The average Bonchev–Trinajstić information content (AvgIpc) is 2.42. The van der Waals surface area contributed by atoms with Crippen molar-refractivity contribution in [1.82, 2.24) is 4.72 Å². The zero-order valence-electron chi connectivity index (χ0n) is 14.3. The molecule has 0 aliphatic rings. The lowest BCUT2D eigenvalue weighted by Crippen LogP contribution is -2.40. The Balaban J connectivity index is 0.00000529. The van der Waals surface area contributed by atoms with Gasteiger partial charge in [0.05, 0.1) is 17.4 Å². The Morgan fingerprint density at radius 1 is 1.33 bits per heavy atom. The van der Waals surface area contributed by atoms with E-state index in [1.165, 1.54) is 19.2 Å². The molecule has 4 N–H and O–H groups in total. The number of methoxy groups -OCH3 is 1. The van der Waals surface area contributed by atoms with Gasteiger partial charge < -0.3 is 15.8 Å². The largest absolute Gasteiger partial charge is 0.380 e. The van der Waals surface area contributed by atoms with Crippen molar-refractivity contribution < 1.29 is 17.9 Å². The molecule has 0 aromatic heterocycles. The van der Waals surface area contributed by atoms with Crippen molar-refractivity contribution in [2.45, 2.75) is 43.7 Å². The SMILES string of the molecule is COC(CN)CC(=O)Nc1cccc(S(=O)(=O)NC(C)(C)C)c1.Cl. The molecule has 0 radical (unpaired) electrons. The van der Waals surface area contributed by atoms with E-state index >= 15 is 0 Å². The molecule has 1 aromatic carbocycles. The fraction of sp³-hybridized carbons (Fsp3) is 0.533. The highest BCUT2D eigenvalue weighted by Crippen LogP contribution is 2.17. The number of anilines is 1. The molecule has 0 spiro atoms. The molecule has 1 amide bonds. The summed E-state index contributed by atoms with van der Waals surface area (Å²) in [5.74, 6) is -0.291. The highest BCUT2D eigenvalue weighted by Gasteiger charge is 2.22. The maximum absolute atomic E-state index is 12.3. The lowest BCUT2D eigenvalue weighted by atomic mass is 10.1. The highest BCUT2D eigenvalue weighted by atomic mass is 35.5. The summed E-state index contributed by atoms with van der Waals surface area (Å²) in [7, 11) is -2.17. The Morgan fingerprint density at radius 3 is 2.46 bits per heavy atom. The molecule has 1 atom stereocenters. The van der Waals surface area contributed by atoms with Gasteiger partial charge in [-0.25, -0.2) is 13.1 Å². The number of benzene rings is 1. The molecular formula is C15H26ClN3O4S. The van der Waals surface area contributed by atoms with Crippen LogP contribution in [0.15, 0.2) is 29.2 Å². The van der Waals surface area contributed by atoms with Crippen molar-refractivity contribution in [2.24, 2.45) is 5.73 Å². The van der Waals surface area contributed by atoms with E-state index in [9.17, 15) is 13.2 Å². The van der Waals surface area contributed by atoms with E-state index in [-0.39, 0.29) is 42.3 Å². The summed E-state index contributed by atoms with van der Waals surface area (Å²) >= 11 is 0. The van der Waals surface area contributed by atoms with Gasteiger partial charge in [-0.2, -0.15) is 0 Å². The molecule has 0 fully saturated rings. The van der Waals surface area contributed by atoms with Crippen LogP contribution in [0.4, 0.5) is 5.69 Å². The van der Waals surface area contributed by atoms with Gasteiger partial charge in [0.1, 0.15) is 0 Å². The van der Waals surface area contributed by atoms with Crippen LogP contribution in [0.3, 0.4) is 0 Å². The minimum absolute atomic E-state index is 0. The molecule has 0 aliphatic carbocycles. The van der Waals surface area contributed by atoms with Crippen LogP contribution in [0.25, 0.3) is 0 Å². The summed E-state index contributed by atoms with van der Waals surface area (Å²) in [6.07, 6.45) is -0.269. The summed E-state index contributed by atoms with van der Waals surface area (Å²) in [5, 5.41) is 2.65. The first-order valence-electron chi connectivity index (χ1n) is 7.24. The van der Waals surface area contributed by atoms with E-state index in [2.05, 4.69) is 10.0 Å². The fourth-order valence-electron chi connectivity index (χ4n) is 1.88. The number of amides is 1. The van der Waals surface area contributed by atoms with Crippen molar-refractivity contribution >= 4 is 34.0 Å². The van der Waals surface area contributed by atoms with Crippen LogP contribution in [0.1, 0.15) is 27.2 Å². The molecule has 0 bridgehead atoms. The summed E-state index contributed by atoms with van der Waals surface area (Å²) in [6.45, 7) is 5.50. The van der Waals surface area contributed by atoms with Crippen molar-refractivity contribution in [3.05, 3.63) is 24.3 Å². The number of hydrogen-bond donors (Lipinski definition) is 3. The number of rotatable bonds is 7. The molecule has 1 rings (SSSR count). The third kappa shape index (κ3) is 7.59. The third-order valence-electron chi connectivity index (χ3n) is 2.88. The second-order valence-corrected chi connectivity index (χ2v) is 7.91. The molecule has 138 valence electrons. The zero-order valence-corrected chi connectivity index (χ0v) is 16.0. The smallest absolute Gasteiger partial charge is 0.241 e. The van der Waals surface area contributed by atoms with Crippen LogP contribution < -0.4 is 15.8 Å². The molecule has 0 saturated heterocycles. The Hall–Kier alpha value is -1.19. The molecule has 24 heavy (non-hydrogen) atoms. The summed E-state index contributed by atoms with van der Waals surface area (Å²) in [5.41, 5.74) is 5.28. The molecule has 0 saturated carbocycles. The normalized spacial score (nSPS) is 13.0. The Bertz CT molecular complexity index is 640. The molecule has 0 aliphatic heterocycles. The molecule has 1 aromatic rings. The molecule has 7 nitrogen and oxygen atoms in total. The van der Waals surface area contributed by atoms with Crippen LogP contribution in [0, 0.1) is 0 Å². The second kappa shape index (κ2) is 9.33. The maximum atomic E-state index is 12.3. The van der Waals surface area contributed by atoms with Crippen LogP contribution in [-0.4, -0.2) is 39.6 Å². The molecular weight excluding hydrogens is 354 g/mol. The van der Waals surface area contributed by atoms with Crippen LogP contribution in [0.5, 0.6) is 0 Å². The lowest BCUT2D eigenvalue weighted by Gasteiger charge is -2.20. The van der Waals surface area contributed by atoms with E-state index in [1.807, 2.05) is 0 Å². The zero-order chi connectivity index (χ0) is 17.7. The number of halogens is 1. The number of hydrogen-bond acceptors (Lipinski definition) is 5. The number of nitrogens with one attached hydrogen (secondary N) is 2. The van der Waals surface area contributed by atoms with Gasteiger partial charge in [0, 0.05) is 24.9 Å². The minimum Gasteiger partial charge on any atom is -0.380 e. The number of sulfonamides is 1. The number of carbonyl (C=O) groups excluding carboxylic acids is 1. The first-order chi connectivity index (χ1) is 10.6. The van der Waals surface area contributed by atoms with Gasteiger partial charge in [-0.15, -0.1) is 12.4 Å². The number of ether oxygens (including phenoxy) is 1. The van der Waals surface area contributed by atoms with Gasteiger partial charge in [0.25, 0.3) is 0 Å². The fourth-order valence-corrected chi connectivity index (χ4v) is 3.35. The van der Waals surface area contributed by atoms with E-state index in [1.54, 1.807) is 32.9 Å². The monoisotopic (exact) mass is 379 g/mol. The first-order valence-corrected chi connectivity index (χ1v) is 8.72. The van der Waals surface area contributed by atoms with E-state index in [0.29, 0.717) is 5.69 Å². The predicted octanol–water partition coefficient (Wildman–Crippen LogP) is 1.49. The molecule has 1 unspecified atom stereocenters. The standard InChI is InChI=1S/C15H25N3O4S.ClH/c1-15(2,3)18-23(20,21)13-7-5-6-11(8-13)17-14(19)9-12(10-16)22-4;/h5-8,12,18H,9-10,16H2,1-4H3,(H,17,19);1H. The number of carbonyl (C=O) groups is 1. The Morgan fingerprint density at radius 2 is 1.96 bits per heavy atom. The van der Waals surface area contributed by atoms with Crippen LogP contribution >= 0.6 is 12.4 Å². The number of nitrogens with two attached hydrogens (primary N) is 1. The Kier molecular flexibility index (Phi) is 8.87. The third-order valence-corrected chi connectivity index (χ3v) is 4.63. The predicted molar refractivity (Wildman–Crippen MR) is 96.9 cm³/mol. The van der Waals surface area contributed by atoms with Crippen molar-refractivity contribution in [2.75, 3.05) is 19.0 Å². The summed E-state index contributed by atoms with van der Waals surface area (Å²) in [4.78, 5) is 12.0. The van der Waals surface area contributed by atoms with E-state index in [4.69, 9.17) is 10.5 Å². The average molecular weight is 380 g/mol. The summed E-state index contributed by atoms with van der Waals surface area (Å²) in [6, 6.07) is 6.08. The van der Waals surface area contributed by atoms with Crippen molar-refractivity contribution in [3.8, 4) is 0 Å². The maximum Gasteiger partial charge on any atom is 0.241 e. The highest BCUT2D eigenvalue weighted by molar-refractivity contribution is 7.89. The minimum atomic E-state index is -3.65. The van der Waals surface area contributed by atoms with Gasteiger partial charge in [0.15, 0.2) is 0 Å². The van der Waals surface area contributed by atoms with E-state index < -0.39 is 15.6 Å². The van der Waals surface area contributed by atoms with Crippen molar-refractivity contribution in [3.63, 3.8) is 0 Å². The molecule has 9 heteroatoms. The Labute approximate surface area is 149 Å². The van der Waals surface area contributed by atoms with Crippen LogP contribution in [-0.2, 0) is 19.6 Å². The van der Waals surface area contributed by atoms with Gasteiger partial charge in [-0.3, -0.25) is 4.79 Å². The molecule has 0 heterocycles. The second-order valence-electron chi connectivity index (χ2n) is 6.23.